The van der Waals surface area contributed by atoms with Crippen LogP contribution >= 0.6 is 0 Å². The van der Waals surface area contributed by atoms with Crippen molar-refractivity contribution in [2.45, 2.75) is 83.1 Å². The molecule has 1 aromatic heterocycles. The molecule has 0 N–H and O–H groups in total. The molecule has 2 saturated carbocycles. The molecule has 0 radical (unpaired) electrons. The Labute approximate surface area is 123 Å². The Kier molecular flexibility index (Phi) is 3.36. The predicted molar refractivity (Wildman–Crippen MR) is 81.9 cm³/mol. The third-order valence-electron chi connectivity index (χ3n) is 6.22. The van der Waals surface area contributed by atoms with Crippen molar-refractivity contribution < 1.29 is 0 Å². The van der Waals surface area contributed by atoms with Crippen molar-refractivity contribution in [3.63, 3.8) is 0 Å². The van der Waals surface area contributed by atoms with Gasteiger partial charge in [0.1, 0.15) is 5.82 Å². The molecule has 0 amide bonds. The van der Waals surface area contributed by atoms with Crippen molar-refractivity contribution in [2.24, 2.45) is 11.8 Å². The van der Waals surface area contributed by atoms with Crippen molar-refractivity contribution in [1.82, 2.24) is 9.55 Å². The lowest BCUT2D eigenvalue weighted by atomic mass is 9.75. The van der Waals surface area contributed by atoms with Gasteiger partial charge < -0.3 is 4.57 Å². The number of imidazole rings is 1. The summed E-state index contributed by atoms with van der Waals surface area (Å²) in [5, 5.41) is 0. The van der Waals surface area contributed by atoms with Crippen LogP contribution in [0.1, 0.15) is 87.7 Å². The minimum absolute atomic E-state index is 0.755. The first kappa shape index (κ1) is 12.9. The number of nitrogens with zero attached hydrogens (tertiary/aromatic N) is 2. The van der Waals surface area contributed by atoms with Gasteiger partial charge in [-0.05, 0) is 44.4 Å². The van der Waals surface area contributed by atoms with E-state index >= 15 is 0 Å². The lowest BCUT2D eigenvalue weighted by Crippen LogP contribution is -2.20. The molecular weight excluding hydrogens is 244 g/mol. The first-order valence-corrected chi connectivity index (χ1v) is 8.88. The SMILES string of the molecule is Cc1cn2c(n1)C1CCCCC[C@H]1C1CCCCC2C1. The summed E-state index contributed by atoms with van der Waals surface area (Å²) >= 11 is 0. The summed E-state index contributed by atoms with van der Waals surface area (Å²) in [5.41, 5.74) is 1.24. The van der Waals surface area contributed by atoms with Crippen LogP contribution in [0.5, 0.6) is 0 Å². The molecule has 2 bridgehead atoms. The van der Waals surface area contributed by atoms with Crippen LogP contribution < -0.4 is 0 Å². The van der Waals surface area contributed by atoms with Crippen LogP contribution in [0, 0.1) is 18.8 Å². The zero-order valence-corrected chi connectivity index (χ0v) is 12.9. The third-order valence-corrected chi connectivity index (χ3v) is 6.22. The molecule has 110 valence electrons. The highest BCUT2D eigenvalue weighted by Gasteiger charge is 2.40. The van der Waals surface area contributed by atoms with Gasteiger partial charge in [-0.3, -0.25) is 0 Å². The topological polar surface area (TPSA) is 17.8 Å². The monoisotopic (exact) mass is 272 g/mol. The van der Waals surface area contributed by atoms with E-state index in [9.17, 15) is 0 Å². The lowest BCUT2D eigenvalue weighted by molar-refractivity contribution is 0.239. The molecule has 2 heterocycles. The van der Waals surface area contributed by atoms with E-state index in [4.69, 9.17) is 4.98 Å². The Hall–Kier alpha value is -0.790. The molecule has 2 aliphatic carbocycles. The molecule has 0 saturated heterocycles. The summed E-state index contributed by atoms with van der Waals surface area (Å²) < 4.78 is 2.61. The van der Waals surface area contributed by atoms with E-state index < -0.39 is 0 Å². The fraction of sp³-hybridized carbons (Fsp3) is 0.833. The van der Waals surface area contributed by atoms with Gasteiger partial charge in [0.25, 0.3) is 0 Å². The van der Waals surface area contributed by atoms with Gasteiger partial charge in [-0.2, -0.15) is 0 Å². The molecule has 20 heavy (non-hydrogen) atoms. The average molecular weight is 272 g/mol. The third kappa shape index (κ3) is 2.12. The Morgan fingerprint density at radius 3 is 2.75 bits per heavy atom. The minimum Gasteiger partial charge on any atom is -0.331 e. The van der Waals surface area contributed by atoms with Crippen molar-refractivity contribution >= 4 is 0 Å². The van der Waals surface area contributed by atoms with Gasteiger partial charge in [0.2, 0.25) is 0 Å². The standard InChI is InChI=1S/C18H28N2/c1-13-12-20-15-8-6-5-7-14(11-15)16-9-3-2-4-10-17(16)18(20)19-13/h12,14-17H,2-11H2,1H3/t14?,15?,16-,17?/m0/s1. The maximum absolute atomic E-state index is 4.99. The molecule has 2 heteroatoms. The number of hydrogen-bond acceptors (Lipinski definition) is 1. The predicted octanol–water partition coefficient (Wildman–Crippen LogP) is 4.99. The van der Waals surface area contributed by atoms with Crippen LogP contribution in [0.2, 0.25) is 0 Å². The van der Waals surface area contributed by atoms with E-state index in [1.165, 1.54) is 75.7 Å². The number of aryl methyl sites for hydroxylation is 1. The smallest absolute Gasteiger partial charge is 0.112 e. The number of fused-ring (bicyclic) bond motifs is 7. The summed E-state index contributed by atoms with van der Waals surface area (Å²) in [4.78, 5) is 4.99. The van der Waals surface area contributed by atoms with E-state index in [0.717, 1.165) is 23.8 Å². The van der Waals surface area contributed by atoms with Crippen molar-refractivity contribution in [3.05, 3.63) is 17.7 Å². The van der Waals surface area contributed by atoms with E-state index in [-0.39, 0.29) is 0 Å². The number of hydrogen-bond donors (Lipinski definition) is 0. The summed E-state index contributed by atoms with van der Waals surface area (Å²) in [7, 11) is 0. The quantitative estimate of drug-likeness (QED) is 0.650. The van der Waals surface area contributed by atoms with E-state index in [1.54, 1.807) is 0 Å². The molecule has 1 aromatic rings. The lowest BCUT2D eigenvalue weighted by Gasteiger charge is -2.29. The Morgan fingerprint density at radius 1 is 1.00 bits per heavy atom. The number of aromatic nitrogens is 2. The van der Waals surface area contributed by atoms with Crippen LogP contribution in [-0.4, -0.2) is 9.55 Å². The molecule has 4 atom stereocenters. The first-order valence-electron chi connectivity index (χ1n) is 8.88. The maximum atomic E-state index is 4.99. The highest BCUT2D eigenvalue weighted by molar-refractivity contribution is 5.13. The number of rotatable bonds is 0. The summed E-state index contributed by atoms with van der Waals surface area (Å²) in [6.07, 6.45) is 16.7. The van der Waals surface area contributed by atoms with Gasteiger partial charge in [-0.15, -0.1) is 0 Å². The van der Waals surface area contributed by atoms with Gasteiger partial charge >= 0.3 is 0 Å². The molecule has 1 aliphatic heterocycles. The Bertz CT molecular complexity index is 476. The molecule has 2 fully saturated rings. The fourth-order valence-corrected chi connectivity index (χ4v) is 5.34. The zero-order valence-electron chi connectivity index (χ0n) is 12.9. The Balaban J connectivity index is 1.80. The zero-order chi connectivity index (χ0) is 13.5. The first-order chi connectivity index (χ1) is 9.83. The second-order valence-corrected chi connectivity index (χ2v) is 7.49. The molecule has 4 rings (SSSR count). The minimum atomic E-state index is 0.755. The van der Waals surface area contributed by atoms with Gasteiger partial charge in [0, 0.05) is 18.2 Å². The van der Waals surface area contributed by atoms with Crippen LogP contribution in [0.25, 0.3) is 0 Å². The van der Waals surface area contributed by atoms with E-state index in [1.807, 2.05) is 0 Å². The highest BCUT2D eigenvalue weighted by atomic mass is 15.1. The second-order valence-electron chi connectivity index (χ2n) is 7.49. The van der Waals surface area contributed by atoms with Crippen LogP contribution in [0.3, 0.4) is 0 Å². The van der Waals surface area contributed by atoms with Gasteiger partial charge in [0.15, 0.2) is 0 Å². The van der Waals surface area contributed by atoms with Crippen molar-refractivity contribution in [1.29, 1.82) is 0 Å². The van der Waals surface area contributed by atoms with Gasteiger partial charge in [0.05, 0.1) is 5.69 Å². The molecule has 2 nitrogen and oxygen atoms in total. The summed E-state index contributed by atoms with van der Waals surface area (Å²) in [5.74, 6) is 4.14. The molecule has 3 aliphatic rings. The van der Waals surface area contributed by atoms with Crippen LogP contribution in [0.15, 0.2) is 6.20 Å². The normalized spacial score (nSPS) is 37.2. The van der Waals surface area contributed by atoms with Crippen LogP contribution in [-0.2, 0) is 0 Å². The highest BCUT2D eigenvalue weighted by Crippen LogP contribution is 2.49. The summed E-state index contributed by atoms with van der Waals surface area (Å²) in [6.45, 7) is 2.18. The second kappa shape index (κ2) is 5.20. The summed E-state index contributed by atoms with van der Waals surface area (Å²) in [6, 6.07) is 0.755. The van der Waals surface area contributed by atoms with Crippen LogP contribution in [0.4, 0.5) is 0 Å². The van der Waals surface area contributed by atoms with E-state index in [0.29, 0.717) is 0 Å². The molecular formula is C18H28N2. The fourth-order valence-electron chi connectivity index (χ4n) is 5.34. The van der Waals surface area contributed by atoms with Crippen molar-refractivity contribution in [3.8, 4) is 0 Å². The van der Waals surface area contributed by atoms with Gasteiger partial charge in [-0.25, -0.2) is 4.98 Å². The maximum Gasteiger partial charge on any atom is 0.112 e. The van der Waals surface area contributed by atoms with Gasteiger partial charge in [-0.1, -0.05) is 38.5 Å². The Morgan fingerprint density at radius 2 is 1.80 bits per heavy atom. The van der Waals surface area contributed by atoms with E-state index in [2.05, 4.69) is 17.7 Å². The molecule has 0 aromatic carbocycles. The largest absolute Gasteiger partial charge is 0.331 e. The average Bonchev–Trinajstić information content (AvgIpc) is 2.68. The molecule has 3 unspecified atom stereocenters. The van der Waals surface area contributed by atoms with Crippen molar-refractivity contribution in [2.75, 3.05) is 0 Å². The molecule has 0 spiro atoms.